The lowest BCUT2D eigenvalue weighted by molar-refractivity contribution is 0.178. The number of hydrogen-bond donors (Lipinski definition) is 1. The Kier molecular flexibility index (Phi) is 5.64. The van der Waals surface area contributed by atoms with Crippen molar-refractivity contribution in [3.8, 4) is 0 Å². The third kappa shape index (κ3) is 4.04. The zero-order valence-corrected chi connectivity index (χ0v) is 19.3. The second-order valence-corrected chi connectivity index (χ2v) is 11.2. The Morgan fingerprint density at radius 2 is 1.93 bits per heavy atom. The number of H-pyrrole nitrogens is 1. The molecule has 4 rings (SSSR count). The number of rotatable bonds is 4. The summed E-state index contributed by atoms with van der Waals surface area (Å²) >= 11 is 4.86. The summed E-state index contributed by atoms with van der Waals surface area (Å²) in [6.45, 7) is 6.39. The van der Waals surface area contributed by atoms with Crippen molar-refractivity contribution in [3.63, 3.8) is 0 Å². The van der Waals surface area contributed by atoms with Crippen LogP contribution in [0, 0.1) is 13.8 Å². The lowest BCUT2D eigenvalue weighted by Crippen LogP contribution is -2.48. The van der Waals surface area contributed by atoms with E-state index in [0.717, 1.165) is 19.7 Å². The summed E-state index contributed by atoms with van der Waals surface area (Å²) in [6, 6.07) is 6.76. The van der Waals surface area contributed by atoms with Gasteiger partial charge in [-0.25, -0.2) is 13.4 Å². The molecular weight excluding hydrogens is 476 g/mol. The van der Waals surface area contributed by atoms with Crippen LogP contribution in [-0.2, 0) is 16.6 Å². The number of piperazine rings is 1. The highest BCUT2D eigenvalue weighted by Gasteiger charge is 2.29. The third-order valence-corrected chi connectivity index (χ3v) is 8.72. The molecule has 154 valence electrons. The number of nitrogens with one attached hydrogen (secondary N) is 1. The van der Waals surface area contributed by atoms with E-state index in [1.807, 2.05) is 13.8 Å². The monoisotopic (exact) mass is 496 g/mol. The summed E-state index contributed by atoms with van der Waals surface area (Å²) in [6.07, 6.45) is 0. The first-order valence-electron chi connectivity index (χ1n) is 9.22. The number of thiophene rings is 1. The minimum Gasteiger partial charge on any atom is -0.309 e. The zero-order valence-electron chi connectivity index (χ0n) is 16.1. The van der Waals surface area contributed by atoms with Crippen molar-refractivity contribution in [2.45, 2.75) is 25.3 Å². The maximum Gasteiger partial charge on any atom is 0.259 e. The van der Waals surface area contributed by atoms with Gasteiger partial charge in [-0.15, -0.1) is 11.3 Å². The number of aromatic nitrogens is 2. The van der Waals surface area contributed by atoms with Crippen LogP contribution in [0.5, 0.6) is 0 Å². The largest absolute Gasteiger partial charge is 0.309 e. The lowest BCUT2D eigenvalue weighted by Gasteiger charge is -2.33. The van der Waals surface area contributed by atoms with E-state index in [4.69, 9.17) is 0 Å². The summed E-state index contributed by atoms with van der Waals surface area (Å²) < 4.78 is 28.0. The number of nitrogens with zero attached hydrogens (tertiary/aromatic N) is 3. The summed E-state index contributed by atoms with van der Waals surface area (Å²) in [7, 11) is -3.51. The second-order valence-electron chi connectivity index (χ2n) is 7.11. The van der Waals surface area contributed by atoms with Crippen molar-refractivity contribution in [3.05, 3.63) is 55.4 Å². The predicted octanol–water partition coefficient (Wildman–Crippen LogP) is 2.87. The van der Waals surface area contributed by atoms with Crippen LogP contribution in [0.25, 0.3) is 10.2 Å². The topological polar surface area (TPSA) is 86.4 Å². The number of aryl methyl sites for hydroxylation is 2. The molecule has 0 radical (unpaired) electrons. The molecule has 0 saturated carbocycles. The minimum absolute atomic E-state index is 0.109. The van der Waals surface area contributed by atoms with E-state index in [1.165, 1.54) is 15.6 Å². The number of sulfonamides is 1. The van der Waals surface area contributed by atoms with Crippen molar-refractivity contribution < 1.29 is 8.42 Å². The fourth-order valence-electron chi connectivity index (χ4n) is 3.49. The van der Waals surface area contributed by atoms with Gasteiger partial charge in [0, 0.05) is 35.5 Å². The van der Waals surface area contributed by atoms with Crippen LogP contribution in [0.15, 0.2) is 38.4 Å². The van der Waals surface area contributed by atoms with Gasteiger partial charge in [0.15, 0.2) is 0 Å². The van der Waals surface area contributed by atoms with Crippen LogP contribution in [0.4, 0.5) is 0 Å². The van der Waals surface area contributed by atoms with E-state index in [0.29, 0.717) is 48.8 Å². The number of benzene rings is 1. The minimum atomic E-state index is -3.51. The maximum absolute atomic E-state index is 12.9. The molecule has 1 aliphatic rings. The molecule has 0 amide bonds. The number of halogens is 1. The van der Waals surface area contributed by atoms with Gasteiger partial charge in [0.25, 0.3) is 5.56 Å². The summed E-state index contributed by atoms with van der Waals surface area (Å²) in [4.78, 5) is 24.2. The van der Waals surface area contributed by atoms with Gasteiger partial charge in [0.05, 0.1) is 16.8 Å². The molecule has 0 bridgehead atoms. The van der Waals surface area contributed by atoms with Crippen LogP contribution in [-0.4, -0.2) is 53.8 Å². The first-order chi connectivity index (χ1) is 13.8. The Labute approximate surface area is 181 Å². The molecule has 1 aliphatic heterocycles. The Balaban J connectivity index is 1.47. The normalized spacial score (nSPS) is 16.5. The quantitative estimate of drug-likeness (QED) is 0.599. The molecule has 0 spiro atoms. The smallest absolute Gasteiger partial charge is 0.259 e. The van der Waals surface area contributed by atoms with Crippen molar-refractivity contribution in [1.82, 2.24) is 19.2 Å². The molecule has 10 heteroatoms. The molecule has 1 aromatic carbocycles. The van der Waals surface area contributed by atoms with Crippen molar-refractivity contribution in [1.29, 1.82) is 0 Å². The Morgan fingerprint density at radius 1 is 1.21 bits per heavy atom. The Bertz CT molecular complexity index is 1230. The fraction of sp³-hybridized carbons (Fsp3) is 0.368. The number of aromatic amines is 1. The molecule has 0 aliphatic carbocycles. The molecule has 0 unspecified atom stereocenters. The molecule has 29 heavy (non-hydrogen) atoms. The SMILES string of the molecule is Cc1sc2nc(CN3CCN(S(=O)(=O)c4cccc(Br)c4)CC3)[nH]c(=O)c2c1C. The van der Waals surface area contributed by atoms with Gasteiger partial charge in [-0.05, 0) is 37.6 Å². The van der Waals surface area contributed by atoms with Gasteiger partial charge in [-0.2, -0.15) is 4.31 Å². The Morgan fingerprint density at radius 3 is 2.62 bits per heavy atom. The first-order valence-corrected chi connectivity index (χ1v) is 12.3. The van der Waals surface area contributed by atoms with Crippen LogP contribution >= 0.6 is 27.3 Å². The van der Waals surface area contributed by atoms with E-state index in [1.54, 1.807) is 24.3 Å². The van der Waals surface area contributed by atoms with E-state index >= 15 is 0 Å². The molecular formula is C19H21BrN4O3S2. The van der Waals surface area contributed by atoms with Crippen molar-refractivity contribution in [2.24, 2.45) is 0 Å². The third-order valence-electron chi connectivity index (χ3n) is 5.23. The molecule has 3 aromatic rings. The van der Waals surface area contributed by atoms with Gasteiger partial charge in [0.1, 0.15) is 10.7 Å². The molecule has 2 aromatic heterocycles. The van der Waals surface area contributed by atoms with Crippen LogP contribution in [0.2, 0.25) is 0 Å². The maximum atomic E-state index is 12.9. The highest BCUT2D eigenvalue weighted by Crippen LogP contribution is 2.26. The van der Waals surface area contributed by atoms with Gasteiger partial charge in [-0.1, -0.05) is 22.0 Å². The molecule has 1 N–H and O–H groups in total. The lowest BCUT2D eigenvalue weighted by atomic mass is 10.2. The average molecular weight is 497 g/mol. The zero-order chi connectivity index (χ0) is 20.8. The standard InChI is InChI=1S/C19H21BrN4O3S2/c1-12-13(2)28-19-17(12)18(25)21-16(22-19)11-23-6-8-24(9-7-23)29(26,27)15-5-3-4-14(20)10-15/h3-5,10H,6-9,11H2,1-2H3,(H,21,22,25). The number of hydrogen-bond acceptors (Lipinski definition) is 6. The van der Waals surface area contributed by atoms with E-state index in [2.05, 4.69) is 30.8 Å². The van der Waals surface area contributed by atoms with E-state index < -0.39 is 10.0 Å². The molecule has 1 saturated heterocycles. The molecule has 3 heterocycles. The Hall–Kier alpha value is -1.59. The van der Waals surface area contributed by atoms with Gasteiger partial charge < -0.3 is 4.98 Å². The fourth-order valence-corrected chi connectivity index (χ4v) is 6.56. The highest BCUT2D eigenvalue weighted by molar-refractivity contribution is 9.10. The van der Waals surface area contributed by atoms with Gasteiger partial charge in [0.2, 0.25) is 10.0 Å². The van der Waals surface area contributed by atoms with Gasteiger partial charge in [-0.3, -0.25) is 9.69 Å². The van der Waals surface area contributed by atoms with Crippen molar-refractivity contribution >= 4 is 47.5 Å². The predicted molar refractivity (Wildman–Crippen MR) is 118 cm³/mol. The molecule has 1 fully saturated rings. The number of fused-ring (bicyclic) bond motifs is 1. The average Bonchev–Trinajstić information content (AvgIpc) is 2.96. The van der Waals surface area contributed by atoms with E-state index in [9.17, 15) is 13.2 Å². The highest BCUT2D eigenvalue weighted by atomic mass is 79.9. The van der Waals surface area contributed by atoms with Crippen LogP contribution < -0.4 is 5.56 Å². The van der Waals surface area contributed by atoms with E-state index in [-0.39, 0.29) is 5.56 Å². The first kappa shape index (κ1) is 20.7. The van der Waals surface area contributed by atoms with Crippen LogP contribution in [0.1, 0.15) is 16.3 Å². The van der Waals surface area contributed by atoms with Crippen molar-refractivity contribution in [2.75, 3.05) is 26.2 Å². The summed E-state index contributed by atoms with van der Waals surface area (Å²) in [5.41, 5.74) is 0.874. The summed E-state index contributed by atoms with van der Waals surface area (Å²) in [5, 5.41) is 0.668. The summed E-state index contributed by atoms with van der Waals surface area (Å²) in [5.74, 6) is 0.618. The van der Waals surface area contributed by atoms with Crippen LogP contribution in [0.3, 0.4) is 0 Å². The second kappa shape index (κ2) is 7.92. The van der Waals surface area contributed by atoms with Gasteiger partial charge >= 0.3 is 0 Å². The molecule has 0 atom stereocenters. The molecule has 7 nitrogen and oxygen atoms in total.